The largest absolute Gasteiger partial charge is 0.273 e. The van der Waals surface area contributed by atoms with Crippen LogP contribution in [0.15, 0.2) is 34.5 Å². The number of nitrogens with zero attached hydrogens (tertiary/aromatic N) is 3. The molecule has 0 unspecified atom stereocenters. The molecule has 0 fully saturated rings. The summed E-state index contributed by atoms with van der Waals surface area (Å²) in [6, 6.07) is 5.87. The number of carbonyl (C=O) groups excluding carboxylic acids is 2. The molecule has 2 N–H and O–H groups in total. The topological polar surface area (TPSA) is 126 Å². The molecule has 1 aliphatic rings. The Morgan fingerprint density at radius 2 is 2.08 bits per heavy atom. The predicted molar refractivity (Wildman–Crippen MR) is 87.4 cm³/mol. The smallest absolute Gasteiger partial charge is 0.269 e. The van der Waals surface area contributed by atoms with Gasteiger partial charge in [0.05, 0.1) is 16.6 Å². The van der Waals surface area contributed by atoms with E-state index < -0.39 is 4.92 Å². The van der Waals surface area contributed by atoms with Gasteiger partial charge >= 0.3 is 0 Å². The lowest BCUT2D eigenvalue weighted by atomic mass is 9.99. The molecule has 0 spiro atoms. The molecular weight excluding hydrogens is 314 g/mol. The van der Waals surface area contributed by atoms with Gasteiger partial charge in [-0.3, -0.25) is 19.7 Å². The summed E-state index contributed by atoms with van der Waals surface area (Å²) in [6.07, 6.45) is 0.501. The fourth-order valence-electron chi connectivity index (χ4n) is 2.20. The van der Waals surface area contributed by atoms with E-state index in [0.29, 0.717) is 23.4 Å². The first-order valence-electron chi connectivity index (χ1n) is 7.30. The number of benzene rings is 1. The fraction of sp³-hybridized carbons (Fsp3) is 0.333. The molecule has 0 radical (unpaired) electrons. The average Bonchev–Trinajstić information content (AvgIpc) is 2.89. The van der Waals surface area contributed by atoms with E-state index in [4.69, 9.17) is 0 Å². The summed E-state index contributed by atoms with van der Waals surface area (Å²) in [5.74, 6) is -0.898. The summed E-state index contributed by atoms with van der Waals surface area (Å²) in [7, 11) is 0. The van der Waals surface area contributed by atoms with Crippen molar-refractivity contribution in [3.05, 3.63) is 39.9 Å². The van der Waals surface area contributed by atoms with Gasteiger partial charge in [0, 0.05) is 24.3 Å². The van der Waals surface area contributed by atoms with Crippen molar-refractivity contribution >= 4 is 28.9 Å². The number of nitro benzene ring substituents is 1. The van der Waals surface area contributed by atoms with Gasteiger partial charge in [-0.1, -0.05) is 0 Å². The van der Waals surface area contributed by atoms with Gasteiger partial charge in [-0.05, 0) is 38.0 Å². The van der Waals surface area contributed by atoms with Crippen LogP contribution in [0.25, 0.3) is 0 Å². The molecule has 2 rings (SSSR count). The molecule has 0 saturated heterocycles. The molecule has 0 aromatic heterocycles. The number of carbonyl (C=O) groups is 2. The monoisotopic (exact) mass is 331 g/mol. The normalized spacial score (nSPS) is 17.2. The van der Waals surface area contributed by atoms with Gasteiger partial charge in [0.2, 0.25) is 11.8 Å². The average molecular weight is 331 g/mol. The summed E-state index contributed by atoms with van der Waals surface area (Å²) in [6.45, 7) is 3.42. The van der Waals surface area contributed by atoms with Gasteiger partial charge in [0.15, 0.2) is 0 Å². The number of nitro groups is 1. The third kappa shape index (κ3) is 4.22. The highest BCUT2D eigenvalue weighted by atomic mass is 16.6. The van der Waals surface area contributed by atoms with Gasteiger partial charge in [-0.15, -0.1) is 0 Å². The van der Waals surface area contributed by atoms with Crippen molar-refractivity contribution in [2.75, 3.05) is 0 Å². The van der Waals surface area contributed by atoms with Crippen LogP contribution in [0.1, 0.15) is 32.3 Å². The quantitative estimate of drug-likeness (QED) is 0.463. The lowest BCUT2D eigenvalue weighted by molar-refractivity contribution is -0.384. The predicted octanol–water partition coefficient (Wildman–Crippen LogP) is 1.34. The van der Waals surface area contributed by atoms with Gasteiger partial charge in [-0.2, -0.15) is 10.2 Å². The number of rotatable bonds is 6. The van der Waals surface area contributed by atoms with E-state index in [1.807, 2.05) is 0 Å². The lowest BCUT2D eigenvalue weighted by Gasteiger charge is -2.07. The van der Waals surface area contributed by atoms with Crippen LogP contribution in [0.5, 0.6) is 0 Å². The molecule has 24 heavy (non-hydrogen) atoms. The van der Waals surface area contributed by atoms with Gasteiger partial charge < -0.3 is 0 Å². The minimum atomic E-state index is -0.484. The van der Waals surface area contributed by atoms with E-state index in [9.17, 15) is 19.7 Å². The van der Waals surface area contributed by atoms with Crippen LogP contribution in [0, 0.1) is 16.0 Å². The maximum absolute atomic E-state index is 11.8. The Morgan fingerprint density at radius 1 is 1.42 bits per heavy atom. The highest BCUT2D eigenvalue weighted by Crippen LogP contribution is 2.14. The Balaban J connectivity index is 1.87. The zero-order valence-corrected chi connectivity index (χ0v) is 13.3. The number of non-ortho nitro benzene ring substituents is 1. The van der Waals surface area contributed by atoms with Crippen molar-refractivity contribution in [1.82, 2.24) is 10.9 Å². The second-order valence-corrected chi connectivity index (χ2v) is 5.36. The van der Waals surface area contributed by atoms with Crippen molar-refractivity contribution < 1.29 is 14.5 Å². The van der Waals surface area contributed by atoms with Crippen molar-refractivity contribution in [3.8, 4) is 0 Å². The first-order valence-corrected chi connectivity index (χ1v) is 7.30. The van der Waals surface area contributed by atoms with Crippen molar-refractivity contribution in [2.24, 2.45) is 16.1 Å². The van der Waals surface area contributed by atoms with E-state index in [1.165, 1.54) is 12.1 Å². The number of hydrogen-bond donors (Lipinski definition) is 2. The standard InChI is InChI=1S/C15H17N5O4/c1-9(11-3-5-12(6-4-11)20(23)24)16-18-14(21)8-7-13-10(2)17-19-15(13)22/h3-6,13H,7-8H2,1-2H3,(H,18,21)(H,19,22)/b16-9+/t13-/m1/s1. The molecule has 0 bridgehead atoms. The number of hydrogen-bond acceptors (Lipinski definition) is 6. The van der Waals surface area contributed by atoms with Crippen LogP contribution in [0.2, 0.25) is 0 Å². The van der Waals surface area contributed by atoms with Crippen LogP contribution in [0.3, 0.4) is 0 Å². The minimum absolute atomic E-state index is 0.0116. The number of nitrogens with one attached hydrogen (secondary N) is 2. The second-order valence-electron chi connectivity index (χ2n) is 5.36. The van der Waals surface area contributed by atoms with Crippen LogP contribution < -0.4 is 10.9 Å². The molecule has 126 valence electrons. The summed E-state index contributed by atoms with van der Waals surface area (Å²) in [4.78, 5) is 33.4. The van der Waals surface area contributed by atoms with Gasteiger partial charge in [-0.25, -0.2) is 10.9 Å². The zero-order chi connectivity index (χ0) is 17.7. The Hall–Kier alpha value is -3.10. The van der Waals surface area contributed by atoms with Crippen molar-refractivity contribution in [3.63, 3.8) is 0 Å². The van der Waals surface area contributed by atoms with E-state index >= 15 is 0 Å². The van der Waals surface area contributed by atoms with Gasteiger partial charge in [0.1, 0.15) is 0 Å². The highest BCUT2D eigenvalue weighted by molar-refractivity contribution is 6.07. The molecule has 1 atom stereocenters. The molecule has 0 saturated carbocycles. The molecule has 1 aliphatic heterocycles. The lowest BCUT2D eigenvalue weighted by Crippen LogP contribution is -2.25. The van der Waals surface area contributed by atoms with Crippen LogP contribution >= 0.6 is 0 Å². The Kier molecular flexibility index (Phi) is 5.35. The van der Waals surface area contributed by atoms with Crippen LogP contribution in [0.4, 0.5) is 5.69 Å². The first kappa shape index (κ1) is 17.3. The van der Waals surface area contributed by atoms with E-state index in [-0.39, 0.29) is 29.8 Å². The number of hydrazone groups is 2. The third-order valence-electron chi connectivity index (χ3n) is 3.67. The summed E-state index contributed by atoms with van der Waals surface area (Å²) < 4.78 is 0. The Bertz CT molecular complexity index is 724. The summed E-state index contributed by atoms with van der Waals surface area (Å²) in [5, 5.41) is 18.4. The van der Waals surface area contributed by atoms with Crippen LogP contribution in [-0.4, -0.2) is 28.2 Å². The molecule has 1 aromatic rings. The third-order valence-corrected chi connectivity index (χ3v) is 3.67. The Morgan fingerprint density at radius 3 is 2.62 bits per heavy atom. The van der Waals surface area contributed by atoms with E-state index in [1.54, 1.807) is 26.0 Å². The summed E-state index contributed by atoms with van der Waals surface area (Å²) >= 11 is 0. The highest BCUT2D eigenvalue weighted by Gasteiger charge is 2.26. The SMILES string of the molecule is CC1=NNC(=O)[C@@H]1CCC(=O)N/N=C(\C)c1ccc([N+](=O)[O-])cc1. The molecular formula is C15H17N5O4. The maximum Gasteiger partial charge on any atom is 0.269 e. The van der Waals surface area contributed by atoms with Crippen molar-refractivity contribution in [1.29, 1.82) is 0 Å². The molecule has 1 aromatic carbocycles. The molecule has 9 nitrogen and oxygen atoms in total. The molecule has 0 aliphatic carbocycles. The minimum Gasteiger partial charge on any atom is -0.273 e. The first-order chi connectivity index (χ1) is 11.4. The van der Waals surface area contributed by atoms with E-state index in [2.05, 4.69) is 21.1 Å². The Labute approximate surface area is 138 Å². The van der Waals surface area contributed by atoms with Gasteiger partial charge in [0.25, 0.3) is 5.69 Å². The molecule has 9 heteroatoms. The second kappa shape index (κ2) is 7.44. The maximum atomic E-state index is 11.8. The summed E-state index contributed by atoms with van der Waals surface area (Å²) in [5.41, 5.74) is 6.63. The zero-order valence-electron chi connectivity index (χ0n) is 13.3. The number of amides is 2. The van der Waals surface area contributed by atoms with Crippen LogP contribution in [-0.2, 0) is 9.59 Å². The fourth-order valence-corrected chi connectivity index (χ4v) is 2.20. The molecule has 1 heterocycles. The van der Waals surface area contributed by atoms with Crippen molar-refractivity contribution in [2.45, 2.75) is 26.7 Å². The molecule has 2 amide bonds. The van der Waals surface area contributed by atoms with E-state index in [0.717, 1.165) is 0 Å².